The van der Waals surface area contributed by atoms with Crippen molar-refractivity contribution >= 4 is 33.2 Å². The second kappa shape index (κ2) is 6.46. The first-order valence-corrected chi connectivity index (χ1v) is 10.2. The molecule has 6 rings (SSSR count). The van der Waals surface area contributed by atoms with E-state index in [1.54, 1.807) is 0 Å². The third-order valence-corrected chi connectivity index (χ3v) is 6.10. The van der Waals surface area contributed by atoms with Crippen LogP contribution in [0.25, 0.3) is 33.2 Å². The summed E-state index contributed by atoms with van der Waals surface area (Å²) in [4.78, 5) is 0. The topological polar surface area (TPSA) is 0 Å². The van der Waals surface area contributed by atoms with Gasteiger partial charge in [-0.25, -0.2) is 0 Å². The molecule has 5 aromatic carbocycles. The van der Waals surface area contributed by atoms with Gasteiger partial charge in [0.05, 0.1) is 0 Å². The van der Waals surface area contributed by atoms with Crippen LogP contribution >= 0.6 is 0 Å². The van der Waals surface area contributed by atoms with Crippen molar-refractivity contribution in [1.29, 1.82) is 0 Å². The summed E-state index contributed by atoms with van der Waals surface area (Å²) in [6, 6.07) is 37.4. The third-order valence-electron chi connectivity index (χ3n) is 6.10. The number of hydrogen-bond acceptors (Lipinski definition) is 0. The van der Waals surface area contributed by atoms with E-state index in [2.05, 4.69) is 109 Å². The molecule has 136 valence electrons. The molecular formula is C29H20. The largest absolute Gasteiger partial charge is 0.0619 e. The zero-order chi connectivity index (χ0) is 19.2. The van der Waals surface area contributed by atoms with E-state index in [9.17, 15) is 0 Å². The summed E-state index contributed by atoms with van der Waals surface area (Å²) in [5.74, 6) is 0. The van der Waals surface area contributed by atoms with E-state index in [1.807, 2.05) is 0 Å². The van der Waals surface area contributed by atoms with Gasteiger partial charge in [0.2, 0.25) is 0 Å². The first kappa shape index (κ1) is 16.3. The normalized spacial score (nSPS) is 12.6. The van der Waals surface area contributed by atoms with Crippen LogP contribution < -0.4 is 0 Å². The Bertz CT molecular complexity index is 1320. The minimum absolute atomic E-state index is 1.000. The fourth-order valence-corrected chi connectivity index (χ4v) is 4.73. The highest BCUT2D eigenvalue weighted by atomic mass is 14.2. The van der Waals surface area contributed by atoms with Gasteiger partial charge in [-0.2, -0.15) is 0 Å². The molecule has 0 unspecified atom stereocenters. The molecular weight excluding hydrogens is 348 g/mol. The first-order chi connectivity index (χ1) is 14.4. The number of hydrogen-bond donors (Lipinski definition) is 0. The summed E-state index contributed by atoms with van der Waals surface area (Å²) in [6.45, 7) is 0. The molecule has 0 N–H and O–H groups in total. The van der Waals surface area contributed by atoms with Crippen LogP contribution in [0.15, 0.2) is 103 Å². The van der Waals surface area contributed by atoms with Crippen LogP contribution in [-0.2, 0) is 6.42 Å². The van der Waals surface area contributed by atoms with Gasteiger partial charge in [-0.15, -0.1) is 0 Å². The van der Waals surface area contributed by atoms with Gasteiger partial charge >= 0.3 is 0 Å². The van der Waals surface area contributed by atoms with Gasteiger partial charge in [0.15, 0.2) is 0 Å². The monoisotopic (exact) mass is 368 g/mol. The van der Waals surface area contributed by atoms with Crippen molar-refractivity contribution in [2.75, 3.05) is 0 Å². The van der Waals surface area contributed by atoms with E-state index >= 15 is 0 Å². The smallest absolute Gasteiger partial charge is 0.00135 e. The highest BCUT2D eigenvalue weighted by Crippen LogP contribution is 2.39. The summed E-state index contributed by atoms with van der Waals surface area (Å²) in [6.07, 6.45) is 3.42. The molecule has 5 aromatic rings. The Morgan fingerprint density at radius 1 is 0.517 bits per heavy atom. The molecule has 1 aliphatic carbocycles. The van der Waals surface area contributed by atoms with Gasteiger partial charge in [0, 0.05) is 0 Å². The van der Waals surface area contributed by atoms with Gasteiger partial charge in [-0.05, 0) is 73.5 Å². The molecule has 0 amide bonds. The summed E-state index contributed by atoms with van der Waals surface area (Å²) in [7, 11) is 0. The fraction of sp³-hybridized carbons (Fsp3) is 0.0345. The van der Waals surface area contributed by atoms with Gasteiger partial charge in [-0.3, -0.25) is 0 Å². The van der Waals surface area contributed by atoms with Crippen LogP contribution in [0.4, 0.5) is 0 Å². The van der Waals surface area contributed by atoms with Crippen LogP contribution in [0.2, 0.25) is 0 Å². The molecule has 0 fully saturated rings. The van der Waals surface area contributed by atoms with Crippen molar-refractivity contribution in [1.82, 2.24) is 0 Å². The van der Waals surface area contributed by atoms with Crippen LogP contribution in [0, 0.1) is 0 Å². The number of rotatable bonds is 1. The molecule has 0 aromatic heterocycles. The molecule has 0 heteroatoms. The molecule has 0 saturated heterocycles. The summed E-state index contributed by atoms with van der Waals surface area (Å²) >= 11 is 0. The van der Waals surface area contributed by atoms with Gasteiger partial charge in [0.1, 0.15) is 0 Å². The summed E-state index contributed by atoms with van der Waals surface area (Å²) < 4.78 is 0. The molecule has 1 aliphatic rings. The molecule has 29 heavy (non-hydrogen) atoms. The van der Waals surface area contributed by atoms with E-state index in [1.165, 1.54) is 54.9 Å². The van der Waals surface area contributed by atoms with Crippen molar-refractivity contribution in [3.05, 3.63) is 131 Å². The molecule has 0 saturated carbocycles. The highest BCUT2D eigenvalue weighted by Gasteiger charge is 2.20. The predicted octanol–water partition coefficient (Wildman–Crippen LogP) is 7.49. The maximum absolute atomic E-state index is 2.42. The SMILES string of the molecule is C(=C1c2ccccc2Cc2ccccc21)c1c2ccccc2cc2ccccc12. The lowest BCUT2D eigenvalue weighted by molar-refractivity contribution is 1.14. The standard InChI is InChI=1S/C29H20/c1-5-13-24-20(9-1)17-21-10-2-6-14-25(21)28(24)19-29-26-15-7-3-11-22(26)18-23-12-4-8-16-27(23)29/h1-17,19H,18H2. The molecule has 0 spiro atoms. The number of benzene rings is 5. The molecule has 0 radical (unpaired) electrons. The average Bonchev–Trinajstić information content (AvgIpc) is 2.78. The molecule has 0 bridgehead atoms. The Morgan fingerprint density at radius 2 is 1.00 bits per heavy atom. The second-order valence-electron chi connectivity index (χ2n) is 7.78. The van der Waals surface area contributed by atoms with E-state index in [-0.39, 0.29) is 0 Å². The predicted molar refractivity (Wildman–Crippen MR) is 124 cm³/mol. The summed E-state index contributed by atoms with van der Waals surface area (Å²) in [5, 5.41) is 5.18. The maximum Gasteiger partial charge on any atom is -0.00135 e. The minimum Gasteiger partial charge on any atom is -0.0619 e. The Balaban J connectivity index is 1.74. The molecule has 0 atom stereocenters. The van der Waals surface area contributed by atoms with Crippen LogP contribution in [0.1, 0.15) is 27.8 Å². The Morgan fingerprint density at radius 3 is 1.59 bits per heavy atom. The zero-order valence-corrected chi connectivity index (χ0v) is 16.1. The average molecular weight is 368 g/mol. The third kappa shape index (κ3) is 2.61. The second-order valence-corrected chi connectivity index (χ2v) is 7.78. The van der Waals surface area contributed by atoms with Crippen LogP contribution in [0.5, 0.6) is 0 Å². The van der Waals surface area contributed by atoms with Crippen molar-refractivity contribution < 1.29 is 0 Å². The van der Waals surface area contributed by atoms with E-state index in [4.69, 9.17) is 0 Å². The van der Waals surface area contributed by atoms with E-state index in [0.29, 0.717) is 0 Å². The lowest BCUT2D eigenvalue weighted by atomic mass is 9.81. The molecule has 0 aliphatic heterocycles. The first-order valence-electron chi connectivity index (χ1n) is 10.2. The Hall–Kier alpha value is -3.64. The molecule has 0 nitrogen and oxygen atoms in total. The van der Waals surface area contributed by atoms with Crippen molar-refractivity contribution in [2.45, 2.75) is 6.42 Å². The van der Waals surface area contributed by atoms with Crippen molar-refractivity contribution in [3.63, 3.8) is 0 Å². The Kier molecular flexibility index (Phi) is 3.64. The lowest BCUT2D eigenvalue weighted by Gasteiger charge is -2.23. The van der Waals surface area contributed by atoms with Crippen LogP contribution in [-0.4, -0.2) is 0 Å². The minimum atomic E-state index is 1.000. The van der Waals surface area contributed by atoms with Crippen molar-refractivity contribution in [3.8, 4) is 0 Å². The quantitative estimate of drug-likeness (QED) is 0.264. The van der Waals surface area contributed by atoms with Gasteiger partial charge < -0.3 is 0 Å². The van der Waals surface area contributed by atoms with Gasteiger partial charge in [0.25, 0.3) is 0 Å². The van der Waals surface area contributed by atoms with E-state index in [0.717, 1.165) is 6.42 Å². The molecule has 0 heterocycles. The Labute approximate surface area is 170 Å². The fourth-order valence-electron chi connectivity index (χ4n) is 4.73. The number of fused-ring (bicyclic) bond motifs is 4. The lowest BCUT2D eigenvalue weighted by Crippen LogP contribution is -2.06. The highest BCUT2D eigenvalue weighted by molar-refractivity contribution is 6.10. The zero-order valence-electron chi connectivity index (χ0n) is 16.1. The van der Waals surface area contributed by atoms with Crippen LogP contribution in [0.3, 0.4) is 0 Å². The van der Waals surface area contributed by atoms with E-state index < -0.39 is 0 Å². The van der Waals surface area contributed by atoms with Crippen molar-refractivity contribution in [2.24, 2.45) is 0 Å². The van der Waals surface area contributed by atoms with Gasteiger partial charge in [-0.1, -0.05) is 97.1 Å². The maximum atomic E-state index is 2.42. The summed E-state index contributed by atoms with van der Waals surface area (Å²) in [5.41, 5.74) is 8.14.